The van der Waals surface area contributed by atoms with Crippen LogP contribution in [0, 0.1) is 13.8 Å². The van der Waals surface area contributed by atoms with E-state index >= 15 is 0 Å². The van der Waals surface area contributed by atoms with Gasteiger partial charge in [-0.3, -0.25) is 4.98 Å². The second-order valence-corrected chi connectivity index (χ2v) is 6.70. The minimum atomic E-state index is 0.470. The number of rotatable bonds is 7. The number of nitrogens with one attached hydrogen (secondary N) is 1. The van der Waals surface area contributed by atoms with E-state index in [9.17, 15) is 0 Å². The maximum absolute atomic E-state index is 5.92. The average molecular weight is 386 g/mol. The van der Waals surface area contributed by atoms with Crippen molar-refractivity contribution in [3.05, 3.63) is 89.6 Å². The lowest BCUT2D eigenvalue weighted by Gasteiger charge is -2.12. The largest absolute Gasteiger partial charge is 0.473 e. The van der Waals surface area contributed by atoms with Crippen LogP contribution >= 0.6 is 0 Å². The van der Waals surface area contributed by atoms with Crippen molar-refractivity contribution in [1.29, 1.82) is 0 Å². The van der Waals surface area contributed by atoms with Crippen LogP contribution in [0.2, 0.25) is 0 Å². The van der Waals surface area contributed by atoms with Crippen molar-refractivity contribution in [3.63, 3.8) is 0 Å². The zero-order valence-corrected chi connectivity index (χ0v) is 16.4. The third-order valence-corrected chi connectivity index (χ3v) is 4.38. The van der Waals surface area contributed by atoms with Crippen molar-refractivity contribution in [2.45, 2.75) is 27.0 Å². The van der Waals surface area contributed by atoms with E-state index in [0.717, 1.165) is 22.5 Å². The van der Waals surface area contributed by atoms with Gasteiger partial charge in [0, 0.05) is 24.0 Å². The van der Waals surface area contributed by atoms with E-state index in [2.05, 4.69) is 25.4 Å². The molecule has 4 aromatic rings. The third kappa shape index (κ3) is 4.57. The van der Waals surface area contributed by atoms with Crippen LogP contribution in [0.5, 0.6) is 5.88 Å². The van der Waals surface area contributed by atoms with E-state index in [1.165, 1.54) is 0 Å². The van der Waals surface area contributed by atoms with Crippen molar-refractivity contribution >= 4 is 5.82 Å². The first kappa shape index (κ1) is 18.6. The van der Waals surface area contributed by atoms with Crippen molar-refractivity contribution in [3.8, 4) is 11.7 Å². The Morgan fingerprint density at radius 2 is 1.90 bits per heavy atom. The number of anilines is 1. The summed E-state index contributed by atoms with van der Waals surface area (Å²) in [6, 6.07) is 15.9. The van der Waals surface area contributed by atoms with E-state index in [4.69, 9.17) is 4.74 Å². The van der Waals surface area contributed by atoms with Crippen LogP contribution in [0.25, 0.3) is 5.82 Å². The molecule has 0 spiro atoms. The van der Waals surface area contributed by atoms with Crippen molar-refractivity contribution in [2.24, 2.45) is 0 Å². The first-order valence-corrected chi connectivity index (χ1v) is 9.39. The van der Waals surface area contributed by atoms with Crippen LogP contribution < -0.4 is 10.1 Å². The summed E-state index contributed by atoms with van der Waals surface area (Å²) in [5.41, 5.74) is 4.00. The highest BCUT2D eigenvalue weighted by Gasteiger charge is 2.09. The highest BCUT2D eigenvalue weighted by molar-refractivity contribution is 5.39. The molecule has 0 aliphatic carbocycles. The molecule has 0 aliphatic rings. The van der Waals surface area contributed by atoms with E-state index in [-0.39, 0.29) is 0 Å². The Labute approximate surface area is 169 Å². The lowest BCUT2D eigenvalue weighted by Crippen LogP contribution is -2.08. The minimum Gasteiger partial charge on any atom is -0.473 e. The van der Waals surface area contributed by atoms with Crippen LogP contribution in [-0.4, -0.2) is 24.7 Å². The van der Waals surface area contributed by atoms with Gasteiger partial charge in [0.1, 0.15) is 12.4 Å². The van der Waals surface area contributed by atoms with E-state index < -0.39 is 0 Å². The molecule has 0 saturated heterocycles. The van der Waals surface area contributed by atoms with Gasteiger partial charge in [-0.1, -0.05) is 36.4 Å². The van der Waals surface area contributed by atoms with Crippen molar-refractivity contribution in [2.75, 3.05) is 5.32 Å². The number of aryl methyl sites for hydroxylation is 2. The lowest BCUT2D eigenvalue weighted by molar-refractivity contribution is 0.291. The van der Waals surface area contributed by atoms with Crippen molar-refractivity contribution in [1.82, 2.24) is 24.7 Å². The summed E-state index contributed by atoms with van der Waals surface area (Å²) in [5.74, 6) is 1.94. The second kappa shape index (κ2) is 8.52. The van der Waals surface area contributed by atoms with Gasteiger partial charge in [0.25, 0.3) is 0 Å². The van der Waals surface area contributed by atoms with Crippen molar-refractivity contribution < 1.29 is 4.74 Å². The minimum absolute atomic E-state index is 0.470. The standard InChI is InChI=1S/C22H22N6O/c1-16-11-17(2)28(27-16)21-14-23-13-20(26-21)25-12-19-9-6-10-24-22(19)29-15-18-7-4-3-5-8-18/h3-11,13-14H,12,15H2,1-2H3,(H,25,26). The third-order valence-electron chi connectivity index (χ3n) is 4.38. The Morgan fingerprint density at radius 1 is 1.03 bits per heavy atom. The summed E-state index contributed by atoms with van der Waals surface area (Å²) in [4.78, 5) is 13.3. The number of hydrogen-bond acceptors (Lipinski definition) is 6. The predicted molar refractivity (Wildman–Crippen MR) is 111 cm³/mol. The highest BCUT2D eigenvalue weighted by Crippen LogP contribution is 2.18. The van der Waals surface area contributed by atoms with Gasteiger partial charge < -0.3 is 10.1 Å². The molecule has 3 heterocycles. The Kier molecular flexibility index (Phi) is 5.47. The normalized spacial score (nSPS) is 10.7. The Balaban J connectivity index is 1.46. The van der Waals surface area contributed by atoms with Gasteiger partial charge in [-0.15, -0.1) is 0 Å². The number of ether oxygens (including phenoxy) is 1. The SMILES string of the molecule is Cc1cc(C)n(-c2cncc(NCc3cccnc3OCc3ccccc3)n2)n1. The molecule has 4 rings (SSSR count). The number of nitrogens with zero attached hydrogens (tertiary/aromatic N) is 5. The summed E-state index contributed by atoms with van der Waals surface area (Å²) in [6.45, 7) is 4.94. The van der Waals surface area contributed by atoms with Gasteiger partial charge >= 0.3 is 0 Å². The molecule has 1 aromatic carbocycles. The molecule has 0 atom stereocenters. The first-order valence-electron chi connectivity index (χ1n) is 9.39. The van der Waals surface area contributed by atoms with Gasteiger partial charge in [-0.2, -0.15) is 5.10 Å². The van der Waals surface area contributed by atoms with Gasteiger partial charge in [0.15, 0.2) is 5.82 Å². The molecule has 0 aliphatic heterocycles. The molecule has 7 nitrogen and oxygen atoms in total. The van der Waals surface area contributed by atoms with Crippen LogP contribution in [0.3, 0.4) is 0 Å². The molecule has 0 saturated carbocycles. The monoisotopic (exact) mass is 386 g/mol. The maximum atomic E-state index is 5.92. The Hall–Kier alpha value is -3.74. The number of benzene rings is 1. The van der Waals surface area contributed by atoms with E-state index in [1.54, 1.807) is 23.3 Å². The molecule has 0 bridgehead atoms. The molecule has 29 heavy (non-hydrogen) atoms. The fourth-order valence-electron chi connectivity index (χ4n) is 3.00. The van der Waals surface area contributed by atoms with Gasteiger partial charge in [0.2, 0.25) is 5.88 Å². The fraction of sp³-hybridized carbons (Fsp3) is 0.182. The predicted octanol–water partition coefficient (Wildman–Crippen LogP) is 3.87. The molecule has 146 valence electrons. The summed E-state index contributed by atoms with van der Waals surface area (Å²) >= 11 is 0. The molecule has 0 amide bonds. The average Bonchev–Trinajstić information content (AvgIpc) is 3.10. The summed E-state index contributed by atoms with van der Waals surface area (Å²) in [6.07, 6.45) is 5.12. The topological polar surface area (TPSA) is 77.8 Å². The lowest BCUT2D eigenvalue weighted by atomic mass is 10.2. The summed E-state index contributed by atoms with van der Waals surface area (Å²) in [7, 11) is 0. The summed E-state index contributed by atoms with van der Waals surface area (Å²) in [5, 5.41) is 7.76. The number of aromatic nitrogens is 5. The maximum Gasteiger partial charge on any atom is 0.218 e. The van der Waals surface area contributed by atoms with Gasteiger partial charge in [0.05, 0.1) is 18.1 Å². The molecule has 1 N–H and O–H groups in total. The van der Waals surface area contributed by atoms with Gasteiger partial charge in [-0.25, -0.2) is 14.6 Å². The van der Waals surface area contributed by atoms with Crippen LogP contribution in [0.4, 0.5) is 5.82 Å². The quantitative estimate of drug-likeness (QED) is 0.520. The smallest absolute Gasteiger partial charge is 0.218 e. The molecule has 0 unspecified atom stereocenters. The molecular formula is C22H22N6O. The molecule has 0 radical (unpaired) electrons. The molecule has 0 fully saturated rings. The molecule has 7 heteroatoms. The first-order chi connectivity index (χ1) is 14.2. The van der Waals surface area contributed by atoms with Crippen LogP contribution in [0.1, 0.15) is 22.5 Å². The molecule has 3 aromatic heterocycles. The van der Waals surface area contributed by atoms with E-state index in [0.29, 0.717) is 30.7 Å². The summed E-state index contributed by atoms with van der Waals surface area (Å²) < 4.78 is 7.71. The number of pyridine rings is 1. The Morgan fingerprint density at radius 3 is 2.69 bits per heavy atom. The zero-order valence-electron chi connectivity index (χ0n) is 16.4. The van der Waals surface area contributed by atoms with Crippen LogP contribution in [0.15, 0.2) is 67.1 Å². The number of hydrogen-bond donors (Lipinski definition) is 1. The second-order valence-electron chi connectivity index (χ2n) is 6.70. The zero-order chi connectivity index (χ0) is 20.1. The van der Waals surface area contributed by atoms with Gasteiger partial charge in [-0.05, 0) is 31.5 Å². The van der Waals surface area contributed by atoms with Crippen LogP contribution in [-0.2, 0) is 13.2 Å². The Bertz CT molecular complexity index is 1090. The van der Waals surface area contributed by atoms with E-state index in [1.807, 2.05) is 62.4 Å². The highest BCUT2D eigenvalue weighted by atomic mass is 16.5. The fourth-order valence-corrected chi connectivity index (χ4v) is 3.00. The molecular weight excluding hydrogens is 364 g/mol.